The molecule has 0 spiro atoms. The van der Waals surface area contributed by atoms with E-state index in [1.807, 2.05) is 0 Å². The average Bonchev–Trinajstić information content (AvgIpc) is 3.07. The first-order chi connectivity index (χ1) is 11.7. The van der Waals surface area contributed by atoms with Crippen molar-refractivity contribution in [3.8, 4) is 0 Å². The molecule has 8 heteroatoms. The van der Waals surface area contributed by atoms with E-state index in [0.717, 1.165) is 18.4 Å². The Labute approximate surface area is 145 Å². The van der Waals surface area contributed by atoms with Crippen molar-refractivity contribution in [2.75, 3.05) is 18.4 Å². The van der Waals surface area contributed by atoms with Crippen molar-refractivity contribution >= 4 is 23.4 Å². The summed E-state index contributed by atoms with van der Waals surface area (Å²) < 4.78 is 0. The summed E-state index contributed by atoms with van der Waals surface area (Å²) in [5, 5.41) is 23.4. The van der Waals surface area contributed by atoms with Crippen molar-refractivity contribution in [1.82, 2.24) is 4.90 Å². The van der Waals surface area contributed by atoms with Crippen LogP contribution >= 0.6 is 0 Å². The zero-order valence-electron chi connectivity index (χ0n) is 14.2. The Morgan fingerprint density at radius 2 is 2.08 bits per heavy atom. The molecule has 1 aromatic rings. The van der Waals surface area contributed by atoms with Crippen LogP contribution in [0.25, 0.3) is 0 Å². The van der Waals surface area contributed by atoms with Gasteiger partial charge in [-0.3, -0.25) is 14.9 Å². The van der Waals surface area contributed by atoms with Crippen molar-refractivity contribution < 1.29 is 19.6 Å². The van der Waals surface area contributed by atoms with Crippen LogP contribution in [0.3, 0.4) is 0 Å². The van der Waals surface area contributed by atoms with E-state index in [1.165, 1.54) is 11.0 Å². The second kappa shape index (κ2) is 6.02. The molecule has 0 unspecified atom stereocenters. The molecule has 134 valence electrons. The SMILES string of the molecule is Cc1cc(C)c([N+](=O)[O-])cc1NC(=O)N1C[C@@H]2CCC[C@@]2(C(=O)O)C1. The van der Waals surface area contributed by atoms with Gasteiger partial charge in [-0.1, -0.05) is 6.42 Å². The number of hydrogen-bond donors (Lipinski definition) is 2. The van der Waals surface area contributed by atoms with Crippen molar-refractivity contribution in [3.63, 3.8) is 0 Å². The molecule has 25 heavy (non-hydrogen) atoms. The van der Waals surface area contributed by atoms with E-state index in [4.69, 9.17) is 0 Å². The number of rotatable bonds is 3. The third-order valence-corrected chi connectivity index (χ3v) is 5.57. The fourth-order valence-electron chi connectivity index (χ4n) is 4.16. The maximum atomic E-state index is 12.6. The summed E-state index contributed by atoms with van der Waals surface area (Å²) in [5.74, 6) is -0.864. The number of nitrogens with one attached hydrogen (secondary N) is 1. The summed E-state index contributed by atoms with van der Waals surface area (Å²) in [7, 11) is 0. The smallest absolute Gasteiger partial charge is 0.321 e. The van der Waals surface area contributed by atoms with Gasteiger partial charge in [-0.05, 0) is 44.2 Å². The van der Waals surface area contributed by atoms with Crippen LogP contribution in [-0.2, 0) is 4.79 Å². The van der Waals surface area contributed by atoms with Gasteiger partial charge in [0, 0.05) is 24.7 Å². The number of carboxylic acid groups (broad SMARTS) is 1. The molecule has 2 N–H and O–H groups in total. The lowest BCUT2D eigenvalue weighted by Gasteiger charge is -2.23. The summed E-state index contributed by atoms with van der Waals surface area (Å²) in [6.07, 6.45) is 2.27. The molecule has 3 rings (SSSR count). The number of urea groups is 1. The number of aliphatic carboxylic acids is 1. The van der Waals surface area contributed by atoms with Gasteiger partial charge in [0.1, 0.15) is 0 Å². The van der Waals surface area contributed by atoms with E-state index in [1.54, 1.807) is 19.9 Å². The number of nitro benzene ring substituents is 1. The quantitative estimate of drug-likeness (QED) is 0.645. The highest BCUT2D eigenvalue weighted by molar-refractivity contribution is 5.92. The van der Waals surface area contributed by atoms with Crippen LogP contribution in [0.15, 0.2) is 12.1 Å². The van der Waals surface area contributed by atoms with Gasteiger partial charge in [0.25, 0.3) is 5.69 Å². The van der Waals surface area contributed by atoms with Gasteiger partial charge in [-0.2, -0.15) is 0 Å². The van der Waals surface area contributed by atoms with Crippen LogP contribution < -0.4 is 5.32 Å². The maximum Gasteiger partial charge on any atom is 0.321 e. The van der Waals surface area contributed by atoms with E-state index < -0.39 is 22.3 Å². The lowest BCUT2D eigenvalue weighted by atomic mass is 9.81. The second-order valence-corrected chi connectivity index (χ2v) is 7.07. The van der Waals surface area contributed by atoms with E-state index in [0.29, 0.717) is 24.2 Å². The second-order valence-electron chi connectivity index (χ2n) is 7.07. The molecule has 1 heterocycles. The predicted molar refractivity (Wildman–Crippen MR) is 90.6 cm³/mol. The van der Waals surface area contributed by atoms with Gasteiger partial charge < -0.3 is 15.3 Å². The Morgan fingerprint density at radius 1 is 1.36 bits per heavy atom. The molecule has 1 aliphatic carbocycles. The van der Waals surface area contributed by atoms with Crippen LogP contribution in [0.4, 0.5) is 16.2 Å². The molecule has 0 aromatic heterocycles. The average molecular weight is 347 g/mol. The highest BCUT2D eigenvalue weighted by Gasteiger charge is 2.55. The zero-order chi connectivity index (χ0) is 18.4. The van der Waals surface area contributed by atoms with Crippen molar-refractivity contribution in [2.24, 2.45) is 11.3 Å². The maximum absolute atomic E-state index is 12.6. The standard InChI is InChI=1S/C17H21N3O5/c1-10-6-11(2)14(20(24)25)7-13(10)18-16(23)19-8-12-4-3-5-17(12,9-19)15(21)22/h6-7,12H,3-5,8-9H2,1-2H3,(H,18,23)(H,21,22)/t12-,17+/m0/s1. The molecule has 1 saturated heterocycles. The first-order valence-corrected chi connectivity index (χ1v) is 8.29. The summed E-state index contributed by atoms with van der Waals surface area (Å²) in [4.78, 5) is 36.4. The number of amides is 2. The van der Waals surface area contributed by atoms with Crippen LogP contribution in [-0.4, -0.2) is 40.0 Å². The first-order valence-electron chi connectivity index (χ1n) is 8.29. The number of nitrogens with zero attached hydrogens (tertiary/aromatic N) is 2. The number of aryl methyl sites for hydroxylation is 2. The fourth-order valence-corrected chi connectivity index (χ4v) is 4.16. The van der Waals surface area contributed by atoms with Gasteiger partial charge in [0.05, 0.1) is 16.0 Å². The van der Waals surface area contributed by atoms with Crippen LogP contribution in [0.2, 0.25) is 0 Å². The first kappa shape index (κ1) is 17.2. The monoisotopic (exact) mass is 347 g/mol. The highest BCUT2D eigenvalue weighted by Crippen LogP contribution is 2.49. The zero-order valence-corrected chi connectivity index (χ0v) is 14.2. The highest BCUT2D eigenvalue weighted by atomic mass is 16.6. The largest absolute Gasteiger partial charge is 0.481 e. The molecule has 0 bridgehead atoms. The lowest BCUT2D eigenvalue weighted by molar-refractivity contribution is -0.385. The number of hydrogen-bond acceptors (Lipinski definition) is 4. The molecule has 2 amide bonds. The van der Waals surface area contributed by atoms with Gasteiger partial charge in [-0.15, -0.1) is 0 Å². The summed E-state index contributed by atoms with van der Waals surface area (Å²) in [6.45, 7) is 4.01. The van der Waals surface area contributed by atoms with E-state index >= 15 is 0 Å². The number of anilines is 1. The number of nitro groups is 1. The molecule has 0 radical (unpaired) electrons. The Balaban J connectivity index is 1.79. The molecule has 1 saturated carbocycles. The summed E-state index contributed by atoms with van der Waals surface area (Å²) >= 11 is 0. The summed E-state index contributed by atoms with van der Waals surface area (Å²) in [5.41, 5.74) is 0.737. The number of carboxylic acids is 1. The molecule has 1 aromatic carbocycles. The number of carbonyl (C=O) groups is 2. The van der Waals surface area contributed by atoms with Gasteiger partial charge in [-0.25, -0.2) is 4.79 Å². The number of benzene rings is 1. The van der Waals surface area contributed by atoms with E-state index in [-0.39, 0.29) is 18.2 Å². The van der Waals surface area contributed by atoms with Gasteiger partial charge in [0.15, 0.2) is 0 Å². The number of carbonyl (C=O) groups excluding carboxylic acids is 1. The molecule has 2 fully saturated rings. The number of fused-ring (bicyclic) bond motifs is 1. The Kier molecular flexibility index (Phi) is 4.14. The minimum Gasteiger partial charge on any atom is -0.481 e. The Hall–Kier alpha value is -2.64. The predicted octanol–water partition coefficient (Wildman–Crippen LogP) is 2.93. The topological polar surface area (TPSA) is 113 Å². The minimum absolute atomic E-state index is 0.0239. The third-order valence-electron chi connectivity index (χ3n) is 5.57. The van der Waals surface area contributed by atoms with Crippen molar-refractivity contribution in [2.45, 2.75) is 33.1 Å². The summed E-state index contributed by atoms with van der Waals surface area (Å²) in [6, 6.07) is 2.61. The van der Waals surface area contributed by atoms with Gasteiger partial charge in [0.2, 0.25) is 0 Å². The molecule has 8 nitrogen and oxygen atoms in total. The van der Waals surface area contributed by atoms with Crippen molar-refractivity contribution in [3.05, 3.63) is 33.4 Å². The van der Waals surface area contributed by atoms with E-state index in [9.17, 15) is 24.8 Å². The number of likely N-dealkylation sites (tertiary alicyclic amines) is 1. The molecular formula is C17H21N3O5. The van der Waals surface area contributed by atoms with Crippen LogP contribution in [0.5, 0.6) is 0 Å². The fraction of sp³-hybridized carbons (Fsp3) is 0.529. The minimum atomic E-state index is -0.842. The van der Waals surface area contributed by atoms with Crippen LogP contribution in [0, 0.1) is 35.3 Å². The van der Waals surface area contributed by atoms with E-state index in [2.05, 4.69) is 5.32 Å². The van der Waals surface area contributed by atoms with Crippen LogP contribution in [0.1, 0.15) is 30.4 Å². The molecule has 2 aliphatic rings. The Morgan fingerprint density at radius 3 is 2.68 bits per heavy atom. The third kappa shape index (κ3) is 2.81. The Bertz CT molecular complexity index is 763. The normalized spacial score (nSPS) is 24.9. The lowest BCUT2D eigenvalue weighted by Crippen LogP contribution is -2.38. The molecular weight excluding hydrogens is 326 g/mol. The van der Waals surface area contributed by atoms with Crippen molar-refractivity contribution in [1.29, 1.82) is 0 Å². The van der Waals surface area contributed by atoms with Gasteiger partial charge >= 0.3 is 12.0 Å². The molecule has 2 atom stereocenters. The molecule has 1 aliphatic heterocycles.